The van der Waals surface area contributed by atoms with Crippen molar-refractivity contribution < 1.29 is 14.3 Å². The van der Waals surface area contributed by atoms with E-state index in [2.05, 4.69) is 0 Å². The molecule has 0 saturated carbocycles. The Labute approximate surface area is 89.6 Å². The molecule has 1 fully saturated rings. The molecule has 15 heavy (non-hydrogen) atoms. The van der Waals surface area contributed by atoms with Gasteiger partial charge in [0.25, 0.3) is 0 Å². The van der Waals surface area contributed by atoms with Crippen LogP contribution in [0.25, 0.3) is 0 Å². The third kappa shape index (κ3) is 3.42. The van der Waals surface area contributed by atoms with Crippen LogP contribution in [-0.4, -0.2) is 36.6 Å². The zero-order chi connectivity index (χ0) is 11.3. The summed E-state index contributed by atoms with van der Waals surface area (Å²) in [6.07, 6.45) is 2.06. The predicted octanol–water partition coefficient (Wildman–Crippen LogP) is 0.730. The Morgan fingerprint density at radius 1 is 1.53 bits per heavy atom. The molecule has 0 aromatic carbocycles. The van der Waals surface area contributed by atoms with Gasteiger partial charge in [0, 0.05) is 13.1 Å². The molecule has 1 aliphatic heterocycles. The summed E-state index contributed by atoms with van der Waals surface area (Å²) in [5, 5.41) is 0. The van der Waals surface area contributed by atoms with Crippen LogP contribution in [0.3, 0.4) is 0 Å². The van der Waals surface area contributed by atoms with Crippen molar-refractivity contribution in [1.29, 1.82) is 0 Å². The van der Waals surface area contributed by atoms with E-state index in [-0.39, 0.29) is 17.9 Å². The van der Waals surface area contributed by atoms with Crippen molar-refractivity contribution in [2.24, 2.45) is 11.7 Å². The molecule has 0 radical (unpaired) electrons. The first kappa shape index (κ1) is 11.8. The van der Waals surface area contributed by atoms with Gasteiger partial charge in [0.05, 0.1) is 12.5 Å². The number of ether oxygens (including phenoxy) is 1. The number of rotatable bonds is 3. The standard InChI is InChI=1S/C10H18N2O3/c1-2-6-15-10(14)12-5-3-4-8(7-12)9(11)13/h8H,2-7H2,1H3,(H2,11,13)/t8-/m0/s1. The van der Waals surface area contributed by atoms with Crippen LogP contribution in [0.1, 0.15) is 26.2 Å². The minimum atomic E-state index is -0.331. The molecule has 1 rings (SSSR count). The molecule has 2 amide bonds. The minimum absolute atomic E-state index is 0.215. The average molecular weight is 214 g/mol. The van der Waals surface area contributed by atoms with Crippen molar-refractivity contribution in [1.82, 2.24) is 4.90 Å². The number of piperidine rings is 1. The number of hydrogen-bond acceptors (Lipinski definition) is 3. The molecular formula is C10H18N2O3. The van der Waals surface area contributed by atoms with Gasteiger partial charge in [0.1, 0.15) is 0 Å². The van der Waals surface area contributed by atoms with Crippen LogP contribution >= 0.6 is 0 Å². The van der Waals surface area contributed by atoms with Crippen LogP contribution in [0.5, 0.6) is 0 Å². The van der Waals surface area contributed by atoms with E-state index in [1.807, 2.05) is 6.92 Å². The van der Waals surface area contributed by atoms with Crippen molar-refractivity contribution in [2.45, 2.75) is 26.2 Å². The molecule has 0 aliphatic carbocycles. The molecule has 0 unspecified atom stereocenters. The van der Waals surface area contributed by atoms with Crippen molar-refractivity contribution in [3.05, 3.63) is 0 Å². The van der Waals surface area contributed by atoms with Crippen LogP contribution in [0, 0.1) is 5.92 Å². The summed E-state index contributed by atoms with van der Waals surface area (Å²) in [5.74, 6) is -0.545. The van der Waals surface area contributed by atoms with Crippen LogP contribution in [0.2, 0.25) is 0 Å². The fraction of sp³-hybridized carbons (Fsp3) is 0.800. The second-order valence-electron chi connectivity index (χ2n) is 3.80. The first-order chi connectivity index (χ1) is 7.15. The number of likely N-dealkylation sites (tertiary alicyclic amines) is 1. The lowest BCUT2D eigenvalue weighted by Gasteiger charge is -2.30. The van der Waals surface area contributed by atoms with Gasteiger partial charge >= 0.3 is 6.09 Å². The molecule has 0 bridgehead atoms. The highest BCUT2D eigenvalue weighted by Gasteiger charge is 2.27. The van der Waals surface area contributed by atoms with Crippen LogP contribution in [0.15, 0.2) is 0 Å². The Balaban J connectivity index is 2.41. The molecule has 0 aromatic rings. The lowest BCUT2D eigenvalue weighted by molar-refractivity contribution is -0.123. The van der Waals surface area contributed by atoms with Gasteiger partial charge in [-0.2, -0.15) is 0 Å². The van der Waals surface area contributed by atoms with E-state index in [9.17, 15) is 9.59 Å². The third-order valence-corrected chi connectivity index (χ3v) is 2.51. The van der Waals surface area contributed by atoms with Gasteiger partial charge in [-0.1, -0.05) is 6.92 Å². The Morgan fingerprint density at radius 2 is 2.27 bits per heavy atom. The van der Waals surface area contributed by atoms with Gasteiger partial charge in [-0.3, -0.25) is 4.79 Å². The van der Waals surface area contributed by atoms with E-state index in [0.29, 0.717) is 19.7 Å². The van der Waals surface area contributed by atoms with Gasteiger partial charge in [0.15, 0.2) is 0 Å². The molecule has 1 aliphatic rings. The Morgan fingerprint density at radius 3 is 2.87 bits per heavy atom. The summed E-state index contributed by atoms with van der Waals surface area (Å²) in [7, 11) is 0. The number of carbonyl (C=O) groups is 2. The maximum atomic E-state index is 11.5. The molecule has 2 N–H and O–H groups in total. The SMILES string of the molecule is CCCOC(=O)N1CCC[C@H](C(N)=O)C1. The largest absolute Gasteiger partial charge is 0.449 e. The number of hydrogen-bond donors (Lipinski definition) is 1. The third-order valence-electron chi connectivity index (χ3n) is 2.51. The summed E-state index contributed by atoms with van der Waals surface area (Å²) >= 11 is 0. The second kappa shape index (κ2) is 5.58. The highest BCUT2D eigenvalue weighted by molar-refractivity contribution is 5.78. The highest BCUT2D eigenvalue weighted by atomic mass is 16.6. The van der Waals surface area contributed by atoms with Gasteiger partial charge < -0.3 is 15.4 Å². The molecule has 1 atom stereocenters. The number of nitrogens with two attached hydrogens (primary N) is 1. The smallest absolute Gasteiger partial charge is 0.409 e. The topological polar surface area (TPSA) is 72.6 Å². The van der Waals surface area contributed by atoms with E-state index in [1.165, 1.54) is 0 Å². The van der Waals surface area contributed by atoms with E-state index in [0.717, 1.165) is 19.3 Å². The number of primary amides is 1. The van der Waals surface area contributed by atoms with Crippen LogP contribution in [-0.2, 0) is 9.53 Å². The van der Waals surface area contributed by atoms with Crippen LogP contribution < -0.4 is 5.73 Å². The zero-order valence-corrected chi connectivity index (χ0v) is 9.07. The maximum absolute atomic E-state index is 11.5. The van der Waals surface area contributed by atoms with Crippen molar-refractivity contribution in [2.75, 3.05) is 19.7 Å². The van der Waals surface area contributed by atoms with E-state index in [4.69, 9.17) is 10.5 Å². The summed E-state index contributed by atoms with van der Waals surface area (Å²) in [4.78, 5) is 24.0. The number of carbonyl (C=O) groups excluding carboxylic acids is 2. The first-order valence-corrected chi connectivity index (χ1v) is 5.36. The highest BCUT2D eigenvalue weighted by Crippen LogP contribution is 2.16. The predicted molar refractivity (Wildman–Crippen MR) is 55.1 cm³/mol. The monoisotopic (exact) mass is 214 g/mol. The fourth-order valence-corrected chi connectivity index (χ4v) is 1.66. The Kier molecular flexibility index (Phi) is 4.39. The van der Waals surface area contributed by atoms with Gasteiger partial charge in [0.2, 0.25) is 5.91 Å². The fourth-order valence-electron chi connectivity index (χ4n) is 1.66. The molecule has 0 aromatic heterocycles. The molecule has 1 saturated heterocycles. The summed E-state index contributed by atoms with van der Waals surface area (Å²) in [6.45, 7) is 3.43. The molecule has 5 heteroatoms. The average Bonchev–Trinajstić information content (AvgIpc) is 2.26. The molecule has 0 spiro atoms. The minimum Gasteiger partial charge on any atom is -0.449 e. The second-order valence-corrected chi connectivity index (χ2v) is 3.80. The van der Waals surface area contributed by atoms with E-state index < -0.39 is 0 Å². The van der Waals surface area contributed by atoms with Gasteiger partial charge in [-0.05, 0) is 19.3 Å². The zero-order valence-electron chi connectivity index (χ0n) is 9.07. The van der Waals surface area contributed by atoms with E-state index >= 15 is 0 Å². The maximum Gasteiger partial charge on any atom is 0.409 e. The van der Waals surface area contributed by atoms with Crippen molar-refractivity contribution >= 4 is 12.0 Å². The number of amides is 2. The molecule has 5 nitrogen and oxygen atoms in total. The Bertz CT molecular complexity index is 243. The summed E-state index contributed by atoms with van der Waals surface area (Å²) in [6, 6.07) is 0. The Hall–Kier alpha value is -1.26. The lowest BCUT2D eigenvalue weighted by Crippen LogP contribution is -2.44. The molecule has 1 heterocycles. The normalized spacial score (nSPS) is 21.1. The quantitative estimate of drug-likeness (QED) is 0.752. The van der Waals surface area contributed by atoms with Gasteiger partial charge in [-0.25, -0.2) is 4.79 Å². The summed E-state index contributed by atoms with van der Waals surface area (Å²) in [5.41, 5.74) is 5.21. The number of nitrogens with zero attached hydrogens (tertiary/aromatic N) is 1. The van der Waals surface area contributed by atoms with E-state index in [1.54, 1.807) is 4.90 Å². The molecule has 86 valence electrons. The first-order valence-electron chi connectivity index (χ1n) is 5.36. The summed E-state index contributed by atoms with van der Waals surface area (Å²) < 4.78 is 4.99. The van der Waals surface area contributed by atoms with Gasteiger partial charge in [-0.15, -0.1) is 0 Å². The lowest BCUT2D eigenvalue weighted by atomic mass is 9.98. The van der Waals surface area contributed by atoms with Crippen molar-refractivity contribution in [3.8, 4) is 0 Å². The van der Waals surface area contributed by atoms with Crippen molar-refractivity contribution in [3.63, 3.8) is 0 Å². The molecular weight excluding hydrogens is 196 g/mol. The van der Waals surface area contributed by atoms with Crippen LogP contribution in [0.4, 0.5) is 4.79 Å².